The zero-order valence-corrected chi connectivity index (χ0v) is 11.1. The van der Waals surface area contributed by atoms with Gasteiger partial charge in [0.1, 0.15) is 18.5 Å². The molecule has 0 saturated heterocycles. The van der Waals surface area contributed by atoms with Gasteiger partial charge in [-0.2, -0.15) is 0 Å². The predicted octanol–water partition coefficient (Wildman–Crippen LogP) is 3.10. The molecule has 1 aliphatic heterocycles. The Labute approximate surface area is 121 Å². The molecule has 0 amide bonds. The fourth-order valence-corrected chi connectivity index (χ4v) is 2.30. The van der Waals surface area contributed by atoms with Crippen LogP contribution in [0.3, 0.4) is 0 Å². The normalized spacial score (nSPS) is 18.9. The Morgan fingerprint density at radius 2 is 1.90 bits per heavy atom. The molecule has 21 heavy (non-hydrogen) atoms. The highest BCUT2D eigenvalue weighted by Gasteiger charge is 2.23. The molecule has 0 fully saturated rings. The average molecular weight is 283 g/mol. The van der Waals surface area contributed by atoms with Gasteiger partial charge in [0.2, 0.25) is 0 Å². The summed E-state index contributed by atoms with van der Waals surface area (Å²) in [7, 11) is 0. The van der Waals surface area contributed by atoms with Crippen molar-refractivity contribution in [3.63, 3.8) is 0 Å². The summed E-state index contributed by atoms with van der Waals surface area (Å²) < 4.78 is 5.60. The van der Waals surface area contributed by atoms with Crippen molar-refractivity contribution in [2.24, 2.45) is 0 Å². The van der Waals surface area contributed by atoms with E-state index in [1.165, 1.54) is 12.1 Å². The van der Waals surface area contributed by atoms with Crippen LogP contribution in [0.2, 0.25) is 0 Å². The van der Waals surface area contributed by atoms with Gasteiger partial charge in [-0.25, -0.2) is 0 Å². The summed E-state index contributed by atoms with van der Waals surface area (Å²) in [4.78, 5) is 10.2. The third-order valence-electron chi connectivity index (χ3n) is 3.42. The van der Waals surface area contributed by atoms with Crippen LogP contribution in [0.4, 0.5) is 5.69 Å². The van der Waals surface area contributed by atoms with E-state index in [4.69, 9.17) is 4.74 Å². The largest absolute Gasteiger partial charge is 0.489 e. The maximum absolute atomic E-state index is 10.6. The monoisotopic (exact) mass is 283 g/mol. The molecule has 1 N–H and O–H groups in total. The summed E-state index contributed by atoms with van der Waals surface area (Å²) in [6.45, 7) is 0.301. The molecule has 1 aliphatic rings. The molecule has 0 aromatic heterocycles. The lowest BCUT2D eigenvalue weighted by Crippen LogP contribution is -2.17. The SMILES string of the molecule is O=[N+]([O-])c1ccc(C=C2COc3ccccc3C2O)cc1. The molecule has 1 atom stereocenters. The number of para-hydroxylation sites is 1. The number of aliphatic hydroxyl groups is 1. The first-order valence-corrected chi connectivity index (χ1v) is 6.50. The number of ether oxygens (including phenoxy) is 1. The highest BCUT2D eigenvalue weighted by molar-refractivity contribution is 5.58. The number of non-ortho nitro benzene ring substituents is 1. The number of rotatable bonds is 2. The van der Waals surface area contributed by atoms with E-state index in [0.29, 0.717) is 12.4 Å². The highest BCUT2D eigenvalue weighted by Crippen LogP contribution is 2.35. The van der Waals surface area contributed by atoms with Gasteiger partial charge in [-0.3, -0.25) is 10.1 Å². The Balaban J connectivity index is 1.89. The van der Waals surface area contributed by atoms with Crippen LogP contribution in [0.15, 0.2) is 54.1 Å². The fraction of sp³-hybridized carbons (Fsp3) is 0.125. The summed E-state index contributed by atoms with van der Waals surface area (Å²) in [6, 6.07) is 13.5. The smallest absolute Gasteiger partial charge is 0.269 e. The van der Waals surface area contributed by atoms with Crippen molar-refractivity contribution < 1.29 is 14.8 Å². The van der Waals surface area contributed by atoms with Gasteiger partial charge in [0, 0.05) is 23.3 Å². The number of hydrogen-bond acceptors (Lipinski definition) is 4. The summed E-state index contributed by atoms with van der Waals surface area (Å²) in [6.07, 6.45) is 1.08. The number of nitro groups is 1. The van der Waals surface area contributed by atoms with E-state index in [9.17, 15) is 15.2 Å². The minimum atomic E-state index is -0.717. The topological polar surface area (TPSA) is 72.6 Å². The molecule has 0 bridgehead atoms. The molecule has 2 aromatic rings. The Hall–Kier alpha value is -2.66. The summed E-state index contributed by atoms with van der Waals surface area (Å²) >= 11 is 0. The minimum absolute atomic E-state index is 0.0444. The fourth-order valence-electron chi connectivity index (χ4n) is 2.30. The van der Waals surface area contributed by atoms with E-state index < -0.39 is 11.0 Å². The summed E-state index contributed by atoms with van der Waals surface area (Å²) in [5, 5.41) is 21.0. The molecule has 106 valence electrons. The first kappa shape index (κ1) is 13.3. The van der Waals surface area contributed by atoms with Crippen LogP contribution in [0.5, 0.6) is 5.75 Å². The molecule has 1 heterocycles. The third kappa shape index (κ3) is 2.64. The van der Waals surface area contributed by atoms with Crippen LogP contribution in [0.25, 0.3) is 6.08 Å². The van der Waals surface area contributed by atoms with Gasteiger partial charge >= 0.3 is 0 Å². The van der Waals surface area contributed by atoms with Crippen LogP contribution in [0, 0.1) is 10.1 Å². The lowest BCUT2D eigenvalue weighted by Gasteiger charge is -2.25. The van der Waals surface area contributed by atoms with Gasteiger partial charge in [0.25, 0.3) is 5.69 Å². The summed E-state index contributed by atoms with van der Waals surface area (Å²) in [5.74, 6) is 0.686. The molecular weight excluding hydrogens is 270 g/mol. The van der Waals surface area contributed by atoms with Crippen LogP contribution in [0.1, 0.15) is 17.2 Å². The molecule has 0 aliphatic carbocycles. The minimum Gasteiger partial charge on any atom is -0.489 e. The van der Waals surface area contributed by atoms with Gasteiger partial charge in [-0.15, -0.1) is 0 Å². The molecule has 3 rings (SSSR count). The van der Waals surface area contributed by atoms with E-state index >= 15 is 0 Å². The number of aliphatic hydroxyl groups excluding tert-OH is 1. The van der Waals surface area contributed by atoms with E-state index in [1.807, 2.05) is 24.3 Å². The molecule has 5 nitrogen and oxygen atoms in total. The van der Waals surface area contributed by atoms with Crippen molar-refractivity contribution in [2.75, 3.05) is 6.61 Å². The second-order valence-electron chi connectivity index (χ2n) is 4.80. The number of nitrogens with zero attached hydrogens (tertiary/aromatic N) is 1. The van der Waals surface area contributed by atoms with Crippen molar-refractivity contribution >= 4 is 11.8 Å². The van der Waals surface area contributed by atoms with E-state index in [2.05, 4.69) is 0 Å². The van der Waals surface area contributed by atoms with E-state index in [0.717, 1.165) is 16.7 Å². The second kappa shape index (κ2) is 5.38. The number of hydrogen-bond donors (Lipinski definition) is 1. The number of nitro benzene ring substituents is 1. The van der Waals surface area contributed by atoms with Gasteiger partial charge in [-0.1, -0.05) is 18.2 Å². The van der Waals surface area contributed by atoms with E-state index in [1.54, 1.807) is 18.2 Å². The van der Waals surface area contributed by atoms with Crippen LogP contribution < -0.4 is 4.74 Å². The van der Waals surface area contributed by atoms with Crippen molar-refractivity contribution in [3.8, 4) is 5.75 Å². The molecule has 1 unspecified atom stereocenters. The first-order valence-electron chi connectivity index (χ1n) is 6.50. The standard InChI is InChI=1S/C16H13NO4/c18-16-12(10-21-15-4-2-1-3-14(15)16)9-11-5-7-13(8-6-11)17(19)20/h1-9,16,18H,10H2. The molecule has 5 heteroatoms. The number of fused-ring (bicyclic) bond motifs is 1. The lowest BCUT2D eigenvalue weighted by atomic mass is 9.97. The van der Waals surface area contributed by atoms with E-state index in [-0.39, 0.29) is 5.69 Å². The molecular formula is C16H13NO4. The maximum Gasteiger partial charge on any atom is 0.269 e. The van der Waals surface area contributed by atoms with Crippen molar-refractivity contribution in [2.45, 2.75) is 6.10 Å². The maximum atomic E-state index is 10.6. The van der Waals surface area contributed by atoms with Crippen LogP contribution in [-0.2, 0) is 0 Å². The zero-order valence-electron chi connectivity index (χ0n) is 11.1. The quantitative estimate of drug-likeness (QED) is 0.679. The molecule has 0 saturated carbocycles. The lowest BCUT2D eigenvalue weighted by molar-refractivity contribution is -0.384. The second-order valence-corrected chi connectivity index (χ2v) is 4.80. The Kier molecular flexibility index (Phi) is 3.41. The van der Waals surface area contributed by atoms with Gasteiger partial charge in [-0.05, 0) is 29.8 Å². The predicted molar refractivity (Wildman–Crippen MR) is 78.0 cm³/mol. The number of benzene rings is 2. The van der Waals surface area contributed by atoms with Crippen molar-refractivity contribution in [1.82, 2.24) is 0 Å². The molecule has 0 spiro atoms. The van der Waals surface area contributed by atoms with Gasteiger partial charge in [0.05, 0.1) is 4.92 Å². The molecule has 2 aromatic carbocycles. The van der Waals surface area contributed by atoms with Crippen LogP contribution in [-0.4, -0.2) is 16.6 Å². The highest BCUT2D eigenvalue weighted by atomic mass is 16.6. The zero-order chi connectivity index (χ0) is 14.8. The Bertz CT molecular complexity index is 706. The Morgan fingerprint density at radius 3 is 2.62 bits per heavy atom. The summed E-state index contributed by atoms with van der Waals surface area (Å²) in [5.41, 5.74) is 2.29. The third-order valence-corrected chi connectivity index (χ3v) is 3.42. The average Bonchev–Trinajstić information content (AvgIpc) is 2.51. The van der Waals surface area contributed by atoms with Gasteiger partial charge < -0.3 is 9.84 Å². The first-order chi connectivity index (χ1) is 10.1. The van der Waals surface area contributed by atoms with Crippen molar-refractivity contribution in [3.05, 3.63) is 75.3 Å². The van der Waals surface area contributed by atoms with Gasteiger partial charge in [0.15, 0.2) is 0 Å². The molecule has 0 radical (unpaired) electrons. The Morgan fingerprint density at radius 1 is 1.19 bits per heavy atom. The van der Waals surface area contributed by atoms with Crippen molar-refractivity contribution in [1.29, 1.82) is 0 Å². The van der Waals surface area contributed by atoms with Crippen LogP contribution >= 0.6 is 0 Å².